The Morgan fingerprint density at radius 2 is 2.33 bits per heavy atom. The van der Waals surface area contributed by atoms with E-state index in [0.29, 0.717) is 22.1 Å². The normalized spacial score (nSPS) is 12.1. The molecule has 2 N–H and O–H groups in total. The van der Waals surface area contributed by atoms with Gasteiger partial charge in [-0.2, -0.15) is 5.26 Å². The standard InChI is InChI=1S/C10H12BrN3O/c1-3-7(4-12)14-5-8(13)6(2)9(11)10(14)15/h5,7H,3,13H2,1-2H3. The zero-order chi connectivity index (χ0) is 11.6. The number of nitriles is 1. The minimum Gasteiger partial charge on any atom is -0.397 e. The monoisotopic (exact) mass is 269 g/mol. The Morgan fingerprint density at radius 1 is 1.73 bits per heavy atom. The Labute approximate surface area is 96.4 Å². The van der Waals surface area contributed by atoms with Gasteiger partial charge < -0.3 is 5.73 Å². The molecule has 15 heavy (non-hydrogen) atoms. The quantitative estimate of drug-likeness (QED) is 0.893. The molecule has 0 radical (unpaired) electrons. The van der Waals surface area contributed by atoms with E-state index in [4.69, 9.17) is 11.0 Å². The Bertz CT molecular complexity index is 473. The second-order valence-electron chi connectivity index (χ2n) is 3.29. The summed E-state index contributed by atoms with van der Waals surface area (Å²) >= 11 is 3.18. The van der Waals surface area contributed by atoms with Crippen LogP contribution in [0.5, 0.6) is 0 Å². The van der Waals surface area contributed by atoms with Gasteiger partial charge in [-0.25, -0.2) is 0 Å². The lowest BCUT2D eigenvalue weighted by molar-refractivity contribution is 0.575. The molecule has 1 rings (SSSR count). The van der Waals surface area contributed by atoms with E-state index >= 15 is 0 Å². The van der Waals surface area contributed by atoms with Crippen molar-refractivity contribution >= 4 is 21.6 Å². The third-order valence-electron chi connectivity index (χ3n) is 2.33. The van der Waals surface area contributed by atoms with Crippen LogP contribution in [0.15, 0.2) is 15.5 Å². The van der Waals surface area contributed by atoms with Crippen molar-refractivity contribution in [2.75, 3.05) is 5.73 Å². The van der Waals surface area contributed by atoms with Crippen molar-refractivity contribution in [1.29, 1.82) is 5.26 Å². The molecular weight excluding hydrogens is 258 g/mol. The second kappa shape index (κ2) is 4.49. The van der Waals surface area contributed by atoms with Gasteiger partial charge in [-0.05, 0) is 34.8 Å². The lowest BCUT2D eigenvalue weighted by Gasteiger charge is -2.13. The minimum absolute atomic E-state index is 0.213. The first-order valence-corrected chi connectivity index (χ1v) is 5.38. The lowest BCUT2D eigenvalue weighted by Crippen LogP contribution is -2.25. The first kappa shape index (κ1) is 11.8. The van der Waals surface area contributed by atoms with Gasteiger partial charge in [0.2, 0.25) is 0 Å². The molecule has 1 atom stereocenters. The molecule has 0 aliphatic rings. The fourth-order valence-electron chi connectivity index (χ4n) is 1.29. The lowest BCUT2D eigenvalue weighted by atomic mass is 10.2. The molecule has 0 saturated heterocycles. The summed E-state index contributed by atoms with van der Waals surface area (Å²) in [5.74, 6) is 0. The highest BCUT2D eigenvalue weighted by atomic mass is 79.9. The van der Waals surface area contributed by atoms with Crippen LogP contribution in [0.3, 0.4) is 0 Å². The third-order valence-corrected chi connectivity index (χ3v) is 3.27. The van der Waals surface area contributed by atoms with Crippen molar-refractivity contribution in [2.24, 2.45) is 0 Å². The van der Waals surface area contributed by atoms with E-state index in [2.05, 4.69) is 22.0 Å². The van der Waals surface area contributed by atoms with Crippen molar-refractivity contribution in [2.45, 2.75) is 26.3 Å². The number of hydrogen-bond acceptors (Lipinski definition) is 3. The molecule has 1 aromatic rings. The molecule has 80 valence electrons. The van der Waals surface area contributed by atoms with Crippen LogP contribution in [0, 0.1) is 18.3 Å². The number of rotatable bonds is 2. The maximum atomic E-state index is 11.8. The van der Waals surface area contributed by atoms with E-state index in [0.717, 1.165) is 0 Å². The van der Waals surface area contributed by atoms with E-state index in [9.17, 15) is 4.79 Å². The average Bonchev–Trinajstić information content (AvgIpc) is 2.24. The molecule has 0 amide bonds. The maximum absolute atomic E-state index is 11.8. The van der Waals surface area contributed by atoms with E-state index < -0.39 is 6.04 Å². The Balaban J connectivity index is 3.46. The van der Waals surface area contributed by atoms with Crippen molar-refractivity contribution in [3.8, 4) is 6.07 Å². The summed E-state index contributed by atoms with van der Waals surface area (Å²) in [6, 6.07) is 1.61. The maximum Gasteiger partial charge on any atom is 0.266 e. The van der Waals surface area contributed by atoms with Crippen LogP contribution in [0.25, 0.3) is 0 Å². The third kappa shape index (κ3) is 2.05. The highest BCUT2D eigenvalue weighted by molar-refractivity contribution is 9.10. The van der Waals surface area contributed by atoms with Crippen LogP contribution < -0.4 is 11.3 Å². The van der Waals surface area contributed by atoms with Gasteiger partial charge in [0.25, 0.3) is 5.56 Å². The summed E-state index contributed by atoms with van der Waals surface area (Å²) < 4.78 is 1.79. The van der Waals surface area contributed by atoms with Gasteiger partial charge in [0.1, 0.15) is 6.04 Å². The Kier molecular flexibility index (Phi) is 3.53. The average molecular weight is 270 g/mol. The molecule has 0 aliphatic carbocycles. The predicted molar refractivity (Wildman–Crippen MR) is 62.5 cm³/mol. The summed E-state index contributed by atoms with van der Waals surface area (Å²) in [7, 11) is 0. The first-order chi connectivity index (χ1) is 7.02. The van der Waals surface area contributed by atoms with Crippen LogP contribution in [0.4, 0.5) is 5.69 Å². The Hall–Kier alpha value is -1.28. The van der Waals surface area contributed by atoms with Gasteiger partial charge in [-0.15, -0.1) is 0 Å². The molecule has 0 aliphatic heterocycles. The zero-order valence-electron chi connectivity index (χ0n) is 8.62. The number of nitrogens with zero attached hydrogens (tertiary/aromatic N) is 2. The largest absolute Gasteiger partial charge is 0.397 e. The molecule has 1 unspecified atom stereocenters. The van der Waals surface area contributed by atoms with Gasteiger partial charge in [-0.1, -0.05) is 6.92 Å². The smallest absolute Gasteiger partial charge is 0.266 e. The molecule has 0 aromatic carbocycles. The molecule has 1 aromatic heterocycles. The summed E-state index contributed by atoms with van der Waals surface area (Å²) in [5, 5.41) is 8.89. The number of anilines is 1. The van der Waals surface area contributed by atoms with Crippen molar-refractivity contribution in [1.82, 2.24) is 4.57 Å². The van der Waals surface area contributed by atoms with E-state index in [1.165, 1.54) is 10.8 Å². The number of halogens is 1. The SMILES string of the molecule is CCC(C#N)n1cc(N)c(C)c(Br)c1=O. The first-order valence-electron chi connectivity index (χ1n) is 4.59. The fraction of sp³-hybridized carbons (Fsp3) is 0.400. The van der Waals surface area contributed by atoms with Crippen LogP contribution in [-0.4, -0.2) is 4.57 Å². The Morgan fingerprint density at radius 3 is 2.80 bits per heavy atom. The van der Waals surface area contributed by atoms with E-state index in [1.807, 2.05) is 6.92 Å². The van der Waals surface area contributed by atoms with Crippen LogP contribution in [0.2, 0.25) is 0 Å². The summed E-state index contributed by atoms with van der Waals surface area (Å²) in [6.45, 7) is 3.61. The fourth-order valence-corrected chi connectivity index (χ4v) is 1.72. The summed E-state index contributed by atoms with van der Waals surface area (Å²) in [6.07, 6.45) is 2.10. The van der Waals surface area contributed by atoms with Crippen LogP contribution >= 0.6 is 15.9 Å². The number of hydrogen-bond donors (Lipinski definition) is 1. The number of nitrogen functional groups attached to an aromatic ring is 1. The predicted octanol–water partition coefficient (Wildman–Crippen LogP) is 1.98. The van der Waals surface area contributed by atoms with Crippen molar-refractivity contribution < 1.29 is 0 Å². The molecule has 1 heterocycles. The number of nitrogens with two attached hydrogens (primary N) is 1. The molecule has 0 bridgehead atoms. The molecule has 4 nitrogen and oxygen atoms in total. The molecular formula is C10H12BrN3O. The second-order valence-corrected chi connectivity index (χ2v) is 4.08. The van der Waals surface area contributed by atoms with Crippen LogP contribution in [0.1, 0.15) is 24.9 Å². The summed E-state index contributed by atoms with van der Waals surface area (Å²) in [4.78, 5) is 11.8. The van der Waals surface area contributed by atoms with Crippen molar-refractivity contribution in [3.63, 3.8) is 0 Å². The number of aromatic nitrogens is 1. The van der Waals surface area contributed by atoms with Gasteiger partial charge in [0.05, 0.1) is 16.2 Å². The zero-order valence-corrected chi connectivity index (χ0v) is 10.2. The molecule has 0 fully saturated rings. The van der Waals surface area contributed by atoms with Gasteiger partial charge in [0.15, 0.2) is 0 Å². The summed E-state index contributed by atoms with van der Waals surface area (Å²) in [5.41, 5.74) is 6.75. The van der Waals surface area contributed by atoms with Gasteiger partial charge >= 0.3 is 0 Å². The molecule has 0 saturated carbocycles. The molecule has 5 heteroatoms. The van der Waals surface area contributed by atoms with Crippen molar-refractivity contribution in [3.05, 3.63) is 26.6 Å². The number of pyridine rings is 1. The van der Waals surface area contributed by atoms with E-state index in [1.54, 1.807) is 6.92 Å². The highest BCUT2D eigenvalue weighted by Crippen LogP contribution is 2.19. The van der Waals surface area contributed by atoms with Gasteiger partial charge in [0, 0.05) is 6.20 Å². The van der Waals surface area contributed by atoms with Crippen LogP contribution in [-0.2, 0) is 0 Å². The minimum atomic E-state index is -0.461. The highest BCUT2D eigenvalue weighted by Gasteiger charge is 2.14. The van der Waals surface area contributed by atoms with E-state index in [-0.39, 0.29) is 5.56 Å². The molecule has 0 spiro atoms. The topological polar surface area (TPSA) is 71.8 Å². The van der Waals surface area contributed by atoms with Gasteiger partial charge in [-0.3, -0.25) is 9.36 Å².